The Bertz CT molecular complexity index is 634. The van der Waals surface area contributed by atoms with Crippen molar-refractivity contribution >= 4 is 21.6 Å². The van der Waals surface area contributed by atoms with Crippen LogP contribution in [0.5, 0.6) is 11.6 Å². The predicted octanol–water partition coefficient (Wildman–Crippen LogP) is 3.26. The largest absolute Gasteiger partial charge is 0.434 e. The smallest absolute Gasteiger partial charge is 0.332 e. The Morgan fingerprint density at radius 2 is 2.25 bits per heavy atom. The summed E-state index contributed by atoms with van der Waals surface area (Å²) in [5, 5.41) is 14.0. The monoisotopic (exact) mass is 337 g/mol. The van der Waals surface area contributed by atoms with Crippen LogP contribution < -0.4 is 10.1 Å². The van der Waals surface area contributed by atoms with Gasteiger partial charge in [-0.15, -0.1) is 0 Å². The summed E-state index contributed by atoms with van der Waals surface area (Å²) >= 11 is 3.15. The van der Waals surface area contributed by atoms with Crippen LogP contribution in [0.4, 0.5) is 5.69 Å². The molecule has 0 saturated carbocycles. The fourth-order valence-corrected chi connectivity index (χ4v) is 1.98. The Hall–Kier alpha value is -1.99. The highest BCUT2D eigenvalue weighted by atomic mass is 79.9. The van der Waals surface area contributed by atoms with Gasteiger partial charge in [0.2, 0.25) is 0 Å². The summed E-state index contributed by atoms with van der Waals surface area (Å²) in [6, 6.07) is 8.66. The number of halogens is 1. The van der Waals surface area contributed by atoms with Crippen LogP contribution >= 0.6 is 15.9 Å². The SMILES string of the molecule is CNCc1cccc(Oc2ncc(Br)cc2[N+](=O)[O-])c1. The second-order valence-corrected chi connectivity index (χ2v) is 4.93. The third-order valence-electron chi connectivity index (χ3n) is 2.49. The summed E-state index contributed by atoms with van der Waals surface area (Å²) in [7, 11) is 1.84. The van der Waals surface area contributed by atoms with Gasteiger partial charge in [-0.25, -0.2) is 4.98 Å². The van der Waals surface area contributed by atoms with Gasteiger partial charge in [-0.3, -0.25) is 10.1 Å². The quantitative estimate of drug-likeness (QED) is 0.669. The van der Waals surface area contributed by atoms with Gasteiger partial charge in [0, 0.05) is 23.3 Å². The minimum Gasteiger partial charge on any atom is -0.434 e. The highest BCUT2D eigenvalue weighted by Gasteiger charge is 2.18. The standard InChI is InChI=1S/C13H12BrN3O3/c1-15-7-9-3-2-4-11(5-9)20-13-12(17(18)19)6-10(14)8-16-13/h2-6,8,15H,7H2,1H3. The first kappa shape index (κ1) is 14.4. The molecule has 0 saturated heterocycles. The van der Waals surface area contributed by atoms with Gasteiger partial charge in [-0.2, -0.15) is 0 Å². The van der Waals surface area contributed by atoms with Crippen LogP contribution in [0.1, 0.15) is 5.56 Å². The highest BCUT2D eigenvalue weighted by Crippen LogP contribution is 2.31. The van der Waals surface area contributed by atoms with Crippen LogP contribution in [0.15, 0.2) is 41.0 Å². The molecule has 2 rings (SSSR count). The van der Waals surface area contributed by atoms with Gasteiger partial charge in [0.05, 0.1) is 4.92 Å². The molecule has 6 nitrogen and oxygen atoms in total. The molecule has 0 aliphatic rings. The van der Waals surface area contributed by atoms with Gasteiger partial charge < -0.3 is 10.1 Å². The topological polar surface area (TPSA) is 77.3 Å². The van der Waals surface area contributed by atoms with E-state index in [1.54, 1.807) is 6.07 Å². The number of hydrogen-bond donors (Lipinski definition) is 1. The first-order valence-corrected chi connectivity index (χ1v) is 6.61. The molecule has 0 radical (unpaired) electrons. The van der Waals surface area contributed by atoms with E-state index in [2.05, 4.69) is 26.2 Å². The van der Waals surface area contributed by atoms with Crippen LogP contribution in [0.2, 0.25) is 0 Å². The number of nitrogens with one attached hydrogen (secondary N) is 1. The molecular formula is C13H12BrN3O3. The van der Waals surface area contributed by atoms with E-state index in [9.17, 15) is 10.1 Å². The van der Waals surface area contributed by atoms with Crippen LogP contribution in [-0.2, 0) is 6.54 Å². The normalized spacial score (nSPS) is 10.3. The Kier molecular flexibility index (Phi) is 4.65. The maximum absolute atomic E-state index is 11.0. The molecule has 0 aliphatic heterocycles. The lowest BCUT2D eigenvalue weighted by atomic mass is 10.2. The predicted molar refractivity (Wildman–Crippen MR) is 77.9 cm³/mol. The fraction of sp³-hybridized carbons (Fsp3) is 0.154. The minimum atomic E-state index is -0.523. The summed E-state index contributed by atoms with van der Waals surface area (Å²) in [6.45, 7) is 0.688. The summed E-state index contributed by atoms with van der Waals surface area (Å²) in [4.78, 5) is 14.4. The summed E-state index contributed by atoms with van der Waals surface area (Å²) in [6.07, 6.45) is 1.46. The molecule has 1 heterocycles. The maximum Gasteiger partial charge on any atom is 0.332 e. The van der Waals surface area contributed by atoms with E-state index >= 15 is 0 Å². The van der Waals surface area contributed by atoms with Crippen molar-refractivity contribution in [2.24, 2.45) is 0 Å². The molecule has 0 spiro atoms. The Labute approximate surface area is 124 Å². The van der Waals surface area contributed by atoms with Crippen LogP contribution in [-0.4, -0.2) is 17.0 Å². The number of hydrogen-bond acceptors (Lipinski definition) is 5. The van der Waals surface area contributed by atoms with Crippen molar-refractivity contribution in [1.29, 1.82) is 0 Å². The summed E-state index contributed by atoms with van der Waals surface area (Å²) in [5.41, 5.74) is 0.836. The minimum absolute atomic E-state index is 0.0280. The van der Waals surface area contributed by atoms with E-state index in [-0.39, 0.29) is 11.6 Å². The van der Waals surface area contributed by atoms with Gasteiger partial charge in [-0.1, -0.05) is 12.1 Å². The van der Waals surface area contributed by atoms with Crippen LogP contribution in [0, 0.1) is 10.1 Å². The summed E-state index contributed by atoms with van der Waals surface area (Å²) in [5.74, 6) is 0.482. The molecular weight excluding hydrogens is 326 g/mol. The lowest BCUT2D eigenvalue weighted by Gasteiger charge is -2.07. The van der Waals surface area contributed by atoms with E-state index < -0.39 is 4.92 Å². The number of ether oxygens (including phenoxy) is 1. The Morgan fingerprint density at radius 3 is 2.95 bits per heavy atom. The van der Waals surface area contributed by atoms with Gasteiger partial charge >= 0.3 is 5.69 Å². The number of benzene rings is 1. The number of rotatable bonds is 5. The molecule has 0 amide bonds. The molecule has 0 atom stereocenters. The Balaban J connectivity index is 2.30. The zero-order valence-corrected chi connectivity index (χ0v) is 12.3. The van der Waals surface area contributed by atoms with Crippen molar-refractivity contribution in [1.82, 2.24) is 10.3 Å². The molecule has 1 aromatic carbocycles. The van der Waals surface area contributed by atoms with Crippen LogP contribution in [0.25, 0.3) is 0 Å². The zero-order valence-electron chi connectivity index (χ0n) is 10.7. The second kappa shape index (κ2) is 6.44. The van der Waals surface area contributed by atoms with Crippen molar-refractivity contribution in [3.05, 3.63) is 56.7 Å². The van der Waals surface area contributed by atoms with Crippen molar-refractivity contribution in [2.45, 2.75) is 6.54 Å². The molecule has 104 valence electrons. The zero-order chi connectivity index (χ0) is 14.5. The third kappa shape index (κ3) is 3.52. The van der Waals surface area contributed by atoms with Crippen molar-refractivity contribution in [2.75, 3.05) is 7.05 Å². The lowest BCUT2D eigenvalue weighted by molar-refractivity contribution is -0.386. The molecule has 0 fully saturated rings. The van der Waals surface area contributed by atoms with Crippen molar-refractivity contribution in [3.63, 3.8) is 0 Å². The molecule has 0 aliphatic carbocycles. The Morgan fingerprint density at radius 1 is 1.45 bits per heavy atom. The fourth-order valence-electron chi connectivity index (χ4n) is 1.66. The number of nitro groups is 1. The van der Waals surface area contributed by atoms with E-state index in [1.165, 1.54) is 12.3 Å². The molecule has 7 heteroatoms. The third-order valence-corrected chi connectivity index (χ3v) is 2.92. The van der Waals surface area contributed by atoms with Crippen molar-refractivity contribution in [3.8, 4) is 11.6 Å². The van der Waals surface area contributed by atoms with Gasteiger partial charge in [-0.05, 0) is 40.7 Å². The van der Waals surface area contributed by atoms with E-state index in [1.807, 2.05) is 25.2 Å². The van der Waals surface area contributed by atoms with E-state index in [0.29, 0.717) is 16.8 Å². The lowest BCUT2D eigenvalue weighted by Crippen LogP contribution is -2.04. The summed E-state index contributed by atoms with van der Waals surface area (Å²) < 4.78 is 6.04. The van der Waals surface area contributed by atoms with Crippen molar-refractivity contribution < 1.29 is 9.66 Å². The number of pyridine rings is 1. The maximum atomic E-state index is 11.0. The van der Waals surface area contributed by atoms with Gasteiger partial charge in [0.15, 0.2) is 0 Å². The van der Waals surface area contributed by atoms with E-state index in [4.69, 9.17) is 4.74 Å². The average Bonchev–Trinajstić information content (AvgIpc) is 2.41. The first-order valence-electron chi connectivity index (χ1n) is 5.81. The molecule has 2 aromatic rings. The molecule has 1 aromatic heterocycles. The first-order chi connectivity index (χ1) is 9.60. The number of nitrogens with zero attached hydrogens (tertiary/aromatic N) is 2. The van der Waals surface area contributed by atoms with Gasteiger partial charge in [0.1, 0.15) is 5.75 Å². The molecule has 20 heavy (non-hydrogen) atoms. The average molecular weight is 338 g/mol. The number of aromatic nitrogens is 1. The molecule has 0 unspecified atom stereocenters. The van der Waals surface area contributed by atoms with Crippen LogP contribution in [0.3, 0.4) is 0 Å². The second-order valence-electron chi connectivity index (χ2n) is 4.01. The molecule has 1 N–H and O–H groups in total. The van der Waals surface area contributed by atoms with E-state index in [0.717, 1.165) is 5.56 Å². The molecule has 0 bridgehead atoms. The highest BCUT2D eigenvalue weighted by molar-refractivity contribution is 9.10. The van der Waals surface area contributed by atoms with Gasteiger partial charge in [0.25, 0.3) is 5.88 Å².